The van der Waals surface area contributed by atoms with Crippen LogP contribution < -0.4 is 14.4 Å². The molecule has 0 radical (unpaired) electrons. The molecule has 3 aromatic rings. The Hall–Kier alpha value is -3.26. The Bertz CT molecular complexity index is 1170. The van der Waals surface area contributed by atoms with Gasteiger partial charge < -0.3 is 14.4 Å². The number of benzene rings is 2. The fraction of sp³-hybridized carbons (Fsp3) is 0.385. The maximum absolute atomic E-state index is 13.8. The van der Waals surface area contributed by atoms with E-state index in [1.165, 1.54) is 12.5 Å². The average Bonchev–Trinajstić information content (AvgIpc) is 2.87. The van der Waals surface area contributed by atoms with Crippen LogP contribution in [-0.2, 0) is 19.5 Å². The molecule has 2 aliphatic rings. The first-order valence-corrected chi connectivity index (χ1v) is 11.7. The molecule has 6 nitrogen and oxygen atoms in total. The summed E-state index contributed by atoms with van der Waals surface area (Å²) in [6, 6.07) is 11.6. The van der Waals surface area contributed by atoms with Crippen molar-refractivity contribution in [3.8, 4) is 17.4 Å². The van der Waals surface area contributed by atoms with Gasteiger partial charge in [0.2, 0.25) is 11.8 Å². The number of halogens is 2. The van der Waals surface area contributed by atoms with Gasteiger partial charge in [-0.15, -0.1) is 0 Å². The molecule has 1 fully saturated rings. The molecule has 3 heterocycles. The van der Waals surface area contributed by atoms with Gasteiger partial charge in [0.25, 0.3) is 0 Å². The van der Waals surface area contributed by atoms with Crippen LogP contribution in [0.1, 0.15) is 36.1 Å². The lowest BCUT2D eigenvalue weighted by Gasteiger charge is -2.32. The molecule has 2 aliphatic heterocycles. The quantitative estimate of drug-likeness (QED) is 0.504. The predicted molar refractivity (Wildman–Crippen MR) is 125 cm³/mol. The van der Waals surface area contributed by atoms with Gasteiger partial charge in [0.1, 0.15) is 11.5 Å². The van der Waals surface area contributed by atoms with E-state index in [9.17, 15) is 8.78 Å². The van der Waals surface area contributed by atoms with Crippen LogP contribution in [-0.4, -0.2) is 41.6 Å². The highest BCUT2D eigenvalue weighted by Gasteiger charge is 2.26. The standard InChI is InChI=1S/C26H28F2N4O2/c1-33-19-7-5-6-18(14-19)16-31-13-10-24-21(17-31)25(34-20-8-9-22(27)23(28)15-20)30-26(29-24)32-11-3-2-4-12-32/h5-9,14-15H,2-4,10-13,16-17H2,1H3. The minimum Gasteiger partial charge on any atom is -0.497 e. The molecule has 0 aliphatic carbocycles. The van der Waals surface area contributed by atoms with Crippen molar-refractivity contribution in [2.24, 2.45) is 0 Å². The molecular formula is C26H28F2N4O2. The Morgan fingerprint density at radius 2 is 1.76 bits per heavy atom. The molecule has 0 bridgehead atoms. The lowest BCUT2D eigenvalue weighted by Crippen LogP contribution is -2.34. The Kier molecular flexibility index (Phi) is 6.58. The fourth-order valence-electron chi connectivity index (χ4n) is 4.56. The van der Waals surface area contributed by atoms with Gasteiger partial charge in [-0.05, 0) is 49.1 Å². The number of hydrogen-bond donors (Lipinski definition) is 0. The first kappa shape index (κ1) is 22.5. The number of nitrogens with zero attached hydrogens (tertiary/aromatic N) is 4. The Morgan fingerprint density at radius 1 is 0.912 bits per heavy atom. The van der Waals surface area contributed by atoms with Crippen molar-refractivity contribution in [3.05, 3.63) is 70.9 Å². The SMILES string of the molecule is COc1cccc(CN2CCc3nc(N4CCCCC4)nc(Oc4ccc(F)c(F)c4)c3C2)c1. The molecule has 0 unspecified atom stereocenters. The second kappa shape index (κ2) is 9.93. The van der Waals surface area contributed by atoms with E-state index in [0.717, 1.165) is 80.1 Å². The molecule has 0 spiro atoms. The van der Waals surface area contributed by atoms with Crippen LogP contribution in [0.25, 0.3) is 0 Å². The lowest BCUT2D eigenvalue weighted by molar-refractivity contribution is 0.237. The molecular weight excluding hydrogens is 438 g/mol. The summed E-state index contributed by atoms with van der Waals surface area (Å²) in [7, 11) is 1.66. The highest BCUT2D eigenvalue weighted by Crippen LogP contribution is 2.33. The number of rotatable bonds is 6. The molecule has 0 amide bonds. The molecule has 0 N–H and O–H groups in total. The van der Waals surface area contributed by atoms with Gasteiger partial charge in [0.05, 0.1) is 18.4 Å². The van der Waals surface area contributed by atoms with E-state index < -0.39 is 11.6 Å². The average molecular weight is 467 g/mol. The van der Waals surface area contributed by atoms with Crippen molar-refractivity contribution in [1.82, 2.24) is 14.9 Å². The maximum atomic E-state index is 13.8. The minimum absolute atomic E-state index is 0.217. The maximum Gasteiger partial charge on any atom is 0.228 e. The zero-order valence-electron chi connectivity index (χ0n) is 19.3. The number of aromatic nitrogens is 2. The van der Waals surface area contributed by atoms with E-state index in [4.69, 9.17) is 19.4 Å². The second-order valence-electron chi connectivity index (χ2n) is 8.79. The first-order chi connectivity index (χ1) is 16.6. The number of fused-ring (bicyclic) bond motifs is 1. The Balaban J connectivity index is 1.45. The topological polar surface area (TPSA) is 50.7 Å². The van der Waals surface area contributed by atoms with Crippen LogP contribution in [0.3, 0.4) is 0 Å². The van der Waals surface area contributed by atoms with Crippen molar-refractivity contribution in [3.63, 3.8) is 0 Å². The van der Waals surface area contributed by atoms with E-state index in [-0.39, 0.29) is 5.75 Å². The van der Waals surface area contributed by atoms with E-state index in [0.29, 0.717) is 18.4 Å². The summed E-state index contributed by atoms with van der Waals surface area (Å²) in [4.78, 5) is 14.1. The molecule has 0 saturated carbocycles. The minimum atomic E-state index is -0.948. The summed E-state index contributed by atoms with van der Waals surface area (Å²) >= 11 is 0. The fourth-order valence-corrected chi connectivity index (χ4v) is 4.56. The van der Waals surface area contributed by atoms with Gasteiger partial charge in [0, 0.05) is 45.2 Å². The van der Waals surface area contributed by atoms with Crippen LogP contribution in [0.2, 0.25) is 0 Å². The second-order valence-corrected chi connectivity index (χ2v) is 8.79. The molecule has 5 rings (SSSR count). The predicted octanol–water partition coefficient (Wildman–Crippen LogP) is 5.10. The monoisotopic (exact) mass is 466 g/mol. The largest absolute Gasteiger partial charge is 0.497 e. The van der Waals surface area contributed by atoms with E-state index >= 15 is 0 Å². The van der Waals surface area contributed by atoms with Crippen LogP contribution >= 0.6 is 0 Å². The zero-order valence-corrected chi connectivity index (χ0v) is 19.3. The van der Waals surface area contributed by atoms with Gasteiger partial charge in [-0.1, -0.05) is 12.1 Å². The molecule has 34 heavy (non-hydrogen) atoms. The highest BCUT2D eigenvalue weighted by molar-refractivity contribution is 5.44. The van der Waals surface area contributed by atoms with Crippen LogP contribution in [0.15, 0.2) is 42.5 Å². The zero-order chi connectivity index (χ0) is 23.5. The van der Waals surface area contributed by atoms with Crippen molar-refractivity contribution < 1.29 is 18.3 Å². The summed E-state index contributed by atoms with van der Waals surface area (Å²) in [6.45, 7) is 4.02. The number of hydrogen-bond acceptors (Lipinski definition) is 6. The van der Waals surface area contributed by atoms with Gasteiger partial charge >= 0.3 is 0 Å². The van der Waals surface area contributed by atoms with E-state index in [1.807, 2.05) is 18.2 Å². The molecule has 2 aromatic carbocycles. The summed E-state index contributed by atoms with van der Waals surface area (Å²) in [5.74, 6) is 0.247. The molecule has 8 heteroatoms. The normalized spacial score (nSPS) is 16.3. The van der Waals surface area contributed by atoms with Crippen LogP contribution in [0, 0.1) is 11.6 Å². The van der Waals surface area contributed by atoms with Crippen molar-refractivity contribution in [2.45, 2.75) is 38.8 Å². The van der Waals surface area contributed by atoms with Gasteiger partial charge in [-0.2, -0.15) is 4.98 Å². The van der Waals surface area contributed by atoms with Crippen LogP contribution in [0.4, 0.5) is 14.7 Å². The number of piperidine rings is 1. The highest BCUT2D eigenvalue weighted by atomic mass is 19.2. The Morgan fingerprint density at radius 3 is 2.56 bits per heavy atom. The molecule has 1 saturated heterocycles. The summed E-state index contributed by atoms with van der Waals surface area (Å²) in [5.41, 5.74) is 2.99. The van der Waals surface area contributed by atoms with Gasteiger partial charge in [-0.3, -0.25) is 4.90 Å². The lowest BCUT2D eigenvalue weighted by atomic mass is 10.1. The summed E-state index contributed by atoms with van der Waals surface area (Å²) in [6.07, 6.45) is 4.18. The third-order valence-corrected chi connectivity index (χ3v) is 6.37. The van der Waals surface area contributed by atoms with Crippen molar-refractivity contribution in [2.75, 3.05) is 31.6 Å². The van der Waals surface area contributed by atoms with Gasteiger partial charge in [-0.25, -0.2) is 13.8 Å². The number of anilines is 1. The van der Waals surface area contributed by atoms with Crippen LogP contribution in [0.5, 0.6) is 17.4 Å². The molecule has 1 aromatic heterocycles. The summed E-state index contributed by atoms with van der Waals surface area (Å²) < 4.78 is 38.7. The summed E-state index contributed by atoms with van der Waals surface area (Å²) in [5, 5.41) is 0. The van der Waals surface area contributed by atoms with Crippen molar-refractivity contribution in [1.29, 1.82) is 0 Å². The third kappa shape index (κ3) is 4.97. The third-order valence-electron chi connectivity index (χ3n) is 6.37. The van der Waals surface area contributed by atoms with E-state index in [2.05, 4.69) is 15.9 Å². The van der Waals surface area contributed by atoms with Gasteiger partial charge in [0.15, 0.2) is 11.6 Å². The van der Waals surface area contributed by atoms with E-state index in [1.54, 1.807) is 7.11 Å². The first-order valence-electron chi connectivity index (χ1n) is 11.7. The molecule has 178 valence electrons. The smallest absolute Gasteiger partial charge is 0.228 e. The number of ether oxygens (including phenoxy) is 2. The molecule has 0 atom stereocenters. The van der Waals surface area contributed by atoms with Crippen molar-refractivity contribution >= 4 is 5.95 Å². The number of methoxy groups -OCH3 is 1. The Labute approximate surface area is 198 Å².